The molecule has 1 aliphatic carbocycles. The summed E-state index contributed by atoms with van der Waals surface area (Å²) in [5.74, 6) is -0.00334. The SMILES string of the molecule is C[C@@H](C(=O)NC1CCCCC1)N(Cc1ccc(Cl)cc1)C(=O)COc1ccccc1Cl. The Kier molecular flexibility index (Phi) is 8.61. The zero-order chi connectivity index (χ0) is 22.2. The van der Waals surface area contributed by atoms with Gasteiger partial charge in [-0.1, -0.05) is 66.7 Å². The van der Waals surface area contributed by atoms with Gasteiger partial charge in [0.15, 0.2) is 6.61 Å². The molecule has 166 valence electrons. The normalized spacial score (nSPS) is 15.2. The number of halogens is 2. The van der Waals surface area contributed by atoms with Crippen LogP contribution in [0.5, 0.6) is 5.75 Å². The van der Waals surface area contributed by atoms with E-state index in [1.54, 1.807) is 43.3 Å². The molecular weight excluding hydrogens is 435 g/mol. The van der Waals surface area contributed by atoms with Crippen LogP contribution in [0, 0.1) is 0 Å². The highest BCUT2D eigenvalue weighted by Gasteiger charge is 2.28. The summed E-state index contributed by atoms with van der Waals surface area (Å²) >= 11 is 12.1. The van der Waals surface area contributed by atoms with Gasteiger partial charge in [0.05, 0.1) is 5.02 Å². The fraction of sp³-hybridized carbons (Fsp3) is 0.417. The molecule has 1 N–H and O–H groups in total. The summed E-state index contributed by atoms with van der Waals surface area (Å²) < 4.78 is 5.64. The fourth-order valence-corrected chi connectivity index (χ4v) is 4.04. The van der Waals surface area contributed by atoms with Crippen LogP contribution >= 0.6 is 23.2 Å². The maximum Gasteiger partial charge on any atom is 0.261 e. The molecule has 2 aromatic carbocycles. The van der Waals surface area contributed by atoms with Gasteiger partial charge in [-0.15, -0.1) is 0 Å². The van der Waals surface area contributed by atoms with Gasteiger partial charge in [0.25, 0.3) is 5.91 Å². The maximum absolute atomic E-state index is 13.1. The van der Waals surface area contributed by atoms with Gasteiger partial charge in [0, 0.05) is 17.6 Å². The first kappa shape index (κ1) is 23.4. The lowest BCUT2D eigenvalue weighted by atomic mass is 9.95. The molecule has 2 aromatic rings. The van der Waals surface area contributed by atoms with E-state index in [1.807, 2.05) is 12.1 Å². The van der Waals surface area contributed by atoms with Gasteiger partial charge in [-0.3, -0.25) is 9.59 Å². The Labute approximate surface area is 193 Å². The third-order valence-electron chi connectivity index (χ3n) is 5.57. The lowest BCUT2D eigenvalue weighted by Crippen LogP contribution is -2.51. The fourth-order valence-electron chi connectivity index (χ4n) is 3.72. The zero-order valence-corrected chi connectivity index (χ0v) is 19.2. The Morgan fingerprint density at radius 1 is 1.06 bits per heavy atom. The Morgan fingerprint density at radius 3 is 2.42 bits per heavy atom. The van der Waals surface area contributed by atoms with E-state index in [0.717, 1.165) is 31.2 Å². The quantitative estimate of drug-likeness (QED) is 0.583. The second-order valence-electron chi connectivity index (χ2n) is 7.89. The summed E-state index contributed by atoms with van der Waals surface area (Å²) in [6.45, 7) is 1.82. The predicted octanol–water partition coefficient (Wildman–Crippen LogP) is 5.24. The van der Waals surface area contributed by atoms with E-state index in [0.29, 0.717) is 15.8 Å². The Bertz CT molecular complexity index is 883. The second kappa shape index (κ2) is 11.4. The smallest absolute Gasteiger partial charge is 0.261 e. The number of carbonyl (C=O) groups is 2. The van der Waals surface area contributed by atoms with Crippen LogP contribution in [-0.4, -0.2) is 35.4 Å². The third-order valence-corrected chi connectivity index (χ3v) is 6.14. The van der Waals surface area contributed by atoms with Crippen LogP contribution in [0.2, 0.25) is 10.0 Å². The molecule has 1 fully saturated rings. The van der Waals surface area contributed by atoms with Crippen LogP contribution in [0.1, 0.15) is 44.6 Å². The summed E-state index contributed by atoms with van der Waals surface area (Å²) in [6, 6.07) is 13.8. The monoisotopic (exact) mass is 462 g/mol. The molecule has 0 spiro atoms. The molecular formula is C24H28Cl2N2O3. The minimum atomic E-state index is -0.639. The Morgan fingerprint density at radius 2 is 1.74 bits per heavy atom. The summed E-state index contributed by atoms with van der Waals surface area (Å²) in [7, 11) is 0. The zero-order valence-electron chi connectivity index (χ0n) is 17.7. The van der Waals surface area contributed by atoms with Crippen LogP contribution in [0.3, 0.4) is 0 Å². The predicted molar refractivity (Wildman–Crippen MR) is 123 cm³/mol. The van der Waals surface area contributed by atoms with Crippen molar-refractivity contribution < 1.29 is 14.3 Å². The molecule has 0 radical (unpaired) electrons. The summed E-state index contributed by atoms with van der Waals surface area (Å²) in [4.78, 5) is 27.6. The van der Waals surface area contributed by atoms with Crippen LogP contribution in [0.15, 0.2) is 48.5 Å². The van der Waals surface area contributed by atoms with Crippen LogP contribution in [-0.2, 0) is 16.1 Å². The van der Waals surface area contributed by atoms with Crippen molar-refractivity contribution in [1.82, 2.24) is 10.2 Å². The molecule has 3 rings (SSSR count). The number of amides is 2. The lowest BCUT2D eigenvalue weighted by molar-refractivity contribution is -0.142. The maximum atomic E-state index is 13.1. The van der Waals surface area contributed by atoms with Crippen molar-refractivity contribution >= 4 is 35.0 Å². The minimum Gasteiger partial charge on any atom is -0.482 e. The van der Waals surface area contributed by atoms with Gasteiger partial charge in [0.1, 0.15) is 11.8 Å². The summed E-state index contributed by atoms with van der Waals surface area (Å²) in [5, 5.41) is 4.17. The number of carbonyl (C=O) groups excluding carboxylic acids is 2. The van der Waals surface area contributed by atoms with Crippen molar-refractivity contribution in [2.24, 2.45) is 0 Å². The van der Waals surface area contributed by atoms with E-state index in [2.05, 4.69) is 5.32 Å². The molecule has 1 saturated carbocycles. The van der Waals surface area contributed by atoms with Crippen molar-refractivity contribution in [3.63, 3.8) is 0 Å². The van der Waals surface area contributed by atoms with Crippen molar-refractivity contribution in [2.45, 2.75) is 57.7 Å². The number of hydrogen-bond acceptors (Lipinski definition) is 3. The second-order valence-corrected chi connectivity index (χ2v) is 8.73. The number of rotatable bonds is 8. The van der Waals surface area contributed by atoms with Gasteiger partial charge in [-0.05, 0) is 49.6 Å². The van der Waals surface area contributed by atoms with Gasteiger partial charge in [0.2, 0.25) is 5.91 Å². The summed E-state index contributed by atoms with van der Waals surface area (Å²) in [6.07, 6.45) is 5.43. The molecule has 0 heterocycles. The molecule has 7 heteroatoms. The molecule has 0 aliphatic heterocycles. The molecule has 0 aromatic heterocycles. The molecule has 1 aliphatic rings. The van der Waals surface area contributed by atoms with E-state index < -0.39 is 6.04 Å². The largest absolute Gasteiger partial charge is 0.482 e. The third kappa shape index (κ3) is 6.88. The van der Waals surface area contributed by atoms with E-state index in [-0.39, 0.29) is 31.0 Å². The number of nitrogens with zero attached hydrogens (tertiary/aromatic N) is 1. The minimum absolute atomic E-state index is 0.146. The van der Waals surface area contributed by atoms with Crippen molar-refractivity contribution in [3.05, 3.63) is 64.1 Å². The highest BCUT2D eigenvalue weighted by molar-refractivity contribution is 6.32. The highest BCUT2D eigenvalue weighted by Crippen LogP contribution is 2.23. The standard InChI is InChI=1S/C24H28Cl2N2O3/c1-17(24(30)27-20-7-3-2-4-8-20)28(15-18-11-13-19(25)14-12-18)23(29)16-31-22-10-6-5-9-21(22)26/h5-6,9-14,17,20H,2-4,7-8,15-16H2,1H3,(H,27,30)/t17-/m0/s1. The van der Waals surface area contributed by atoms with E-state index in [1.165, 1.54) is 11.3 Å². The number of benzene rings is 2. The highest BCUT2D eigenvalue weighted by atomic mass is 35.5. The van der Waals surface area contributed by atoms with Crippen LogP contribution in [0.25, 0.3) is 0 Å². The number of hydrogen-bond donors (Lipinski definition) is 1. The first-order valence-corrected chi connectivity index (χ1v) is 11.4. The van der Waals surface area contributed by atoms with Gasteiger partial charge < -0.3 is 15.0 Å². The first-order chi connectivity index (χ1) is 14.9. The van der Waals surface area contributed by atoms with Crippen LogP contribution < -0.4 is 10.1 Å². The average Bonchev–Trinajstić information content (AvgIpc) is 2.78. The first-order valence-electron chi connectivity index (χ1n) is 10.7. The average molecular weight is 463 g/mol. The van der Waals surface area contributed by atoms with Gasteiger partial charge >= 0.3 is 0 Å². The molecule has 5 nitrogen and oxygen atoms in total. The Balaban J connectivity index is 1.70. The Hall–Kier alpha value is -2.24. The summed E-state index contributed by atoms with van der Waals surface area (Å²) in [5.41, 5.74) is 0.882. The molecule has 0 saturated heterocycles. The molecule has 31 heavy (non-hydrogen) atoms. The van der Waals surface area contributed by atoms with E-state index in [9.17, 15) is 9.59 Å². The van der Waals surface area contributed by atoms with Crippen LogP contribution in [0.4, 0.5) is 0 Å². The van der Waals surface area contributed by atoms with Crippen molar-refractivity contribution in [1.29, 1.82) is 0 Å². The van der Waals surface area contributed by atoms with Gasteiger partial charge in [-0.25, -0.2) is 0 Å². The number of ether oxygens (including phenoxy) is 1. The topological polar surface area (TPSA) is 58.6 Å². The molecule has 2 amide bonds. The molecule has 0 bridgehead atoms. The molecule has 0 unspecified atom stereocenters. The molecule has 1 atom stereocenters. The number of nitrogens with one attached hydrogen (secondary N) is 1. The van der Waals surface area contributed by atoms with E-state index >= 15 is 0 Å². The van der Waals surface area contributed by atoms with Crippen molar-refractivity contribution in [3.8, 4) is 5.75 Å². The van der Waals surface area contributed by atoms with E-state index in [4.69, 9.17) is 27.9 Å². The van der Waals surface area contributed by atoms with Crippen molar-refractivity contribution in [2.75, 3.05) is 6.61 Å². The van der Waals surface area contributed by atoms with Gasteiger partial charge in [-0.2, -0.15) is 0 Å². The number of para-hydroxylation sites is 1. The lowest BCUT2D eigenvalue weighted by Gasteiger charge is -2.31.